The first kappa shape index (κ1) is 10.2. The number of nitrogens with two attached hydrogens (primary N) is 1. The van der Waals surface area contributed by atoms with Gasteiger partial charge in [0.25, 0.3) is 0 Å². The van der Waals surface area contributed by atoms with E-state index in [-0.39, 0.29) is 18.4 Å². The molecule has 0 amide bonds. The van der Waals surface area contributed by atoms with Gasteiger partial charge in [-0.2, -0.15) is 0 Å². The van der Waals surface area contributed by atoms with Crippen LogP contribution in [0.1, 0.15) is 19.3 Å². The molecule has 1 heterocycles. The zero-order valence-electron chi connectivity index (χ0n) is 7.08. The molecule has 2 rings (SSSR count). The summed E-state index contributed by atoms with van der Waals surface area (Å²) in [5, 5.41) is 0. The van der Waals surface area contributed by atoms with Gasteiger partial charge in [-0.1, -0.05) is 0 Å². The van der Waals surface area contributed by atoms with Gasteiger partial charge in [-0.25, -0.2) is 4.39 Å². The average molecular weight is 195 g/mol. The summed E-state index contributed by atoms with van der Waals surface area (Å²) in [6, 6.07) is 0.491. The maximum atomic E-state index is 13.0. The van der Waals surface area contributed by atoms with Gasteiger partial charge in [-0.3, -0.25) is 4.90 Å². The molecule has 2 N–H and O–H groups in total. The topological polar surface area (TPSA) is 29.3 Å². The lowest BCUT2D eigenvalue weighted by Crippen LogP contribution is -2.49. The van der Waals surface area contributed by atoms with Crippen molar-refractivity contribution in [1.29, 1.82) is 0 Å². The number of nitrogens with zero attached hydrogens (tertiary/aromatic N) is 1. The molecule has 72 valence electrons. The van der Waals surface area contributed by atoms with Gasteiger partial charge in [0.15, 0.2) is 0 Å². The van der Waals surface area contributed by atoms with E-state index in [4.69, 9.17) is 5.73 Å². The summed E-state index contributed by atoms with van der Waals surface area (Å²) < 4.78 is 13.0. The highest BCUT2D eigenvalue weighted by atomic mass is 35.5. The van der Waals surface area contributed by atoms with E-state index < -0.39 is 6.17 Å². The minimum atomic E-state index is -0.788. The Morgan fingerprint density at radius 1 is 1.25 bits per heavy atom. The summed E-state index contributed by atoms with van der Waals surface area (Å²) >= 11 is 0. The SMILES string of the molecule is Cl.N[C@H]1CCN(C2CC2)C[C@H]1F. The van der Waals surface area contributed by atoms with Gasteiger partial charge in [-0.05, 0) is 19.3 Å². The summed E-state index contributed by atoms with van der Waals surface area (Å²) in [7, 11) is 0. The predicted octanol–water partition coefficient (Wildman–Crippen LogP) is 0.942. The Bertz CT molecular complexity index is 152. The molecule has 2 aliphatic rings. The first-order valence-electron chi connectivity index (χ1n) is 4.41. The molecule has 0 aromatic carbocycles. The summed E-state index contributed by atoms with van der Waals surface area (Å²) in [4.78, 5) is 2.24. The Hall–Kier alpha value is 0.140. The maximum absolute atomic E-state index is 13.0. The number of rotatable bonds is 1. The second-order valence-electron chi connectivity index (χ2n) is 3.69. The standard InChI is InChI=1S/C8H15FN2.ClH/c9-7-5-11(6-1-2-6)4-3-8(7)10;/h6-8H,1-5,10H2;1H/t7-,8+;/m1./s1. The molecular formula is C8H16ClFN2. The minimum Gasteiger partial charge on any atom is -0.325 e. The normalized spacial score (nSPS) is 37.5. The molecule has 2 atom stereocenters. The van der Waals surface area contributed by atoms with Crippen LogP contribution >= 0.6 is 12.4 Å². The van der Waals surface area contributed by atoms with Crippen molar-refractivity contribution >= 4 is 12.4 Å². The van der Waals surface area contributed by atoms with Gasteiger partial charge in [0.2, 0.25) is 0 Å². The molecule has 1 saturated carbocycles. The summed E-state index contributed by atoms with van der Waals surface area (Å²) in [6.45, 7) is 1.58. The lowest BCUT2D eigenvalue weighted by atomic mass is 10.0. The number of halogens is 2. The van der Waals surface area contributed by atoms with E-state index in [1.165, 1.54) is 12.8 Å². The number of alkyl halides is 1. The third-order valence-corrected chi connectivity index (χ3v) is 2.69. The lowest BCUT2D eigenvalue weighted by Gasteiger charge is -2.32. The van der Waals surface area contributed by atoms with Crippen LogP contribution in [0.25, 0.3) is 0 Å². The van der Waals surface area contributed by atoms with Crippen molar-refractivity contribution < 1.29 is 4.39 Å². The van der Waals surface area contributed by atoms with Gasteiger partial charge in [0.05, 0.1) is 0 Å². The van der Waals surface area contributed by atoms with E-state index in [9.17, 15) is 4.39 Å². The van der Waals surface area contributed by atoms with Crippen LogP contribution in [0, 0.1) is 0 Å². The van der Waals surface area contributed by atoms with Crippen LogP contribution in [0.2, 0.25) is 0 Å². The molecule has 0 radical (unpaired) electrons. The smallest absolute Gasteiger partial charge is 0.128 e. The average Bonchev–Trinajstić information content (AvgIpc) is 2.77. The Kier molecular flexibility index (Phi) is 3.32. The number of hydrogen-bond donors (Lipinski definition) is 1. The van der Waals surface area contributed by atoms with Gasteiger partial charge >= 0.3 is 0 Å². The van der Waals surface area contributed by atoms with Crippen LogP contribution in [0.4, 0.5) is 4.39 Å². The molecule has 2 fully saturated rings. The third-order valence-electron chi connectivity index (χ3n) is 2.69. The van der Waals surface area contributed by atoms with E-state index >= 15 is 0 Å². The largest absolute Gasteiger partial charge is 0.325 e. The number of piperidine rings is 1. The van der Waals surface area contributed by atoms with Crippen molar-refractivity contribution in [3.8, 4) is 0 Å². The van der Waals surface area contributed by atoms with E-state index in [2.05, 4.69) is 4.90 Å². The fourth-order valence-electron chi connectivity index (χ4n) is 1.72. The van der Waals surface area contributed by atoms with Gasteiger partial charge < -0.3 is 5.73 Å². The van der Waals surface area contributed by atoms with Crippen LogP contribution in [-0.2, 0) is 0 Å². The van der Waals surface area contributed by atoms with Crippen molar-refractivity contribution in [3.63, 3.8) is 0 Å². The summed E-state index contributed by atoms with van der Waals surface area (Å²) in [6.07, 6.45) is 2.58. The lowest BCUT2D eigenvalue weighted by molar-refractivity contribution is 0.114. The maximum Gasteiger partial charge on any atom is 0.128 e. The predicted molar refractivity (Wildman–Crippen MR) is 49.3 cm³/mol. The Labute approximate surface area is 78.7 Å². The molecule has 0 aromatic rings. The number of likely N-dealkylation sites (tertiary alicyclic amines) is 1. The van der Waals surface area contributed by atoms with E-state index in [1.54, 1.807) is 0 Å². The molecule has 1 aliphatic carbocycles. The van der Waals surface area contributed by atoms with Gasteiger partial charge in [-0.15, -0.1) is 12.4 Å². The second-order valence-corrected chi connectivity index (χ2v) is 3.69. The van der Waals surface area contributed by atoms with Crippen molar-refractivity contribution in [1.82, 2.24) is 4.90 Å². The molecule has 0 unspecified atom stereocenters. The first-order valence-corrected chi connectivity index (χ1v) is 4.41. The monoisotopic (exact) mass is 194 g/mol. The summed E-state index contributed by atoms with van der Waals surface area (Å²) in [5.74, 6) is 0. The Morgan fingerprint density at radius 2 is 1.92 bits per heavy atom. The van der Waals surface area contributed by atoms with Crippen LogP contribution in [-0.4, -0.2) is 36.2 Å². The molecule has 1 saturated heterocycles. The van der Waals surface area contributed by atoms with Gasteiger partial charge in [0.1, 0.15) is 6.17 Å². The highest BCUT2D eigenvalue weighted by Crippen LogP contribution is 2.29. The molecule has 0 aromatic heterocycles. The molecule has 1 aliphatic heterocycles. The Balaban J connectivity index is 0.000000720. The molecular weight excluding hydrogens is 179 g/mol. The van der Waals surface area contributed by atoms with Crippen LogP contribution in [0.15, 0.2) is 0 Å². The fourth-order valence-corrected chi connectivity index (χ4v) is 1.72. The molecule has 4 heteroatoms. The third kappa shape index (κ3) is 2.09. The fraction of sp³-hybridized carbons (Fsp3) is 1.00. The van der Waals surface area contributed by atoms with Crippen molar-refractivity contribution in [2.75, 3.05) is 13.1 Å². The first-order chi connectivity index (χ1) is 5.27. The zero-order valence-corrected chi connectivity index (χ0v) is 7.89. The zero-order chi connectivity index (χ0) is 7.84. The molecule has 2 nitrogen and oxygen atoms in total. The van der Waals surface area contributed by atoms with Gasteiger partial charge in [0, 0.05) is 25.2 Å². The van der Waals surface area contributed by atoms with Crippen LogP contribution in [0.3, 0.4) is 0 Å². The van der Waals surface area contributed by atoms with E-state index in [0.717, 1.165) is 13.0 Å². The highest BCUT2D eigenvalue weighted by Gasteiger charge is 2.35. The van der Waals surface area contributed by atoms with Crippen LogP contribution in [0.5, 0.6) is 0 Å². The van der Waals surface area contributed by atoms with E-state index in [1.807, 2.05) is 0 Å². The van der Waals surface area contributed by atoms with Crippen molar-refractivity contribution in [3.05, 3.63) is 0 Å². The molecule has 0 spiro atoms. The molecule has 0 bridgehead atoms. The minimum absolute atomic E-state index is 0. The summed E-state index contributed by atoms with van der Waals surface area (Å²) in [5.41, 5.74) is 5.56. The molecule has 12 heavy (non-hydrogen) atoms. The quantitative estimate of drug-likeness (QED) is 0.674. The van der Waals surface area contributed by atoms with Crippen molar-refractivity contribution in [2.24, 2.45) is 5.73 Å². The van der Waals surface area contributed by atoms with Crippen molar-refractivity contribution in [2.45, 2.75) is 37.5 Å². The van der Waals surface area contributed by atoms with Crippen LogP contribution < -0.4 is 5.73 Å². The second kappa shape index (κ2) is 3.90. The highest BCUT2D eigenvalue weighted by molar-refractivity contribution is 5.85. The van der Waals surface area contributed by atoms with E-state index in [0.29, 0.717) is 12.6 Å². The number of hydrogen-bond acceptors (Lipinski definition) is 2. The Morgan fingerprint density at radius 3 is 2.42 bits per heavy atom.